The quantitative estimate of drug-likeness (QED) is 0.414. The van der Waals surface area contributed by atoms with Crippen molar-refractivity contribution in [1.82, 2.24) is 9.80 Å². The lowest BCUT2D eigenvalue weighted by molar-refractivity contribution is -0.128. The molecule has 0 spiro atoms. The molecule has 1 fully saturated rings. The summed E-state index contributed by atoms with van der Waals surface area (Å²) in [5.41, 5.74) is 3.17. The maximum atomic E-state index is 13.0. The molecule has 6 heteroatoms. The summed E-state index contributed by atoms with van der Waals surface area (Å²) in [5.74, 6) is -0.271. The number of halogens is 1. The zero-order chi connectivity index (χ0) is 23.0. The smallest absolute Gasteiger partial charge is 0.266 e. The van der Waals surface area contributed by atoms with E-state index in [1.165, 1.54) is 17.3 Å². The number of benzene rings is 3. The summed E-state index contributed by atoms with van der Waals surface area (Å²) in [7, 11) is 0. The summed E-state index contributed by atoms with van der Waals surface area (Å²) in [4.78, 5) is 17.1. The van der Waals surface area contributed by atoms with Gasteiger partial charge in [0, 0.05) is 32.4 Å². The molecule has 4 rings (SSSR count). The Morgan fingerprint density at radius 1 is 0.879 bits per heavy atom. The minimum Gasteiger partial charge on any atom is -0.359 e. The highest BCUT2D eigenvalue weighted by Crippen LogP contribution is 2.29. The van der Waals surface area contributed by atoms with E-state index in [2.05, 4.69) is 58.7 Å². The normalized spacial score (nSPS) is 14.7. The molecule has 0 aromatic heterocycles. The molecule has 0 aliphatic carbocycles. The van der Waals surface area contributed by atoms with Crippen LogP contribution in [0.25, 0.3) is 0 Å². The van der Waals surface area contributed by atoms with Gasteiger partial charge in [0.25, 0.3) is 5.91 Å². The van der Waals surface area contributed by atoms with Crippen LogP contribution in [-0.2, 0) is 4.79 Å². The first-order valence-electron chi connectivity index (χ1n) is 10.9. The van der Waals surface area contributed by atoms with Crippen LogP contribution in [0.5, 0.6) is 0 Å². The largest absolute Gasteiger partial charge is 0.359 e. The minimum absolute atomic E-state index is 0.0611. The van der Waals surface area contributed by atoms with Crippen molar-refractivity contribution in [1.29, 1.82) is 5.26 Å². The van der Waals surface area contributed by atoms with Crippen LogP contribution >= 0.6 is 11.6 Å². The fourth-order valence-electron chi connectivity index (χ4n) is 4.11. The van der Waals surface area contributed by atoms with Gasteiger partial charge in [0.05, 0.1) is 16.8 Å². The number of nitrogens with one attached hydrogen (secondary N) is 1. The first-order valence-corrected chi connectivity index (χ1v) is 11.3. The van der Waals surface area contributed by atoms with Crippen molar-refractivity contribution in [3.8, 4) is 6.07 Å². The van der Waals surface area contributed by atoms with Gasteiger partial charge >= 0.3 is 0 Å². The molecule has 1 amide bonds. The van der Waals surface area contributed by atoms with Gasteiger partial charge in [-0.25, -0.2) is 0 Å². The van der Waals surface area contributed by atoms with Crippen LogP contribution in [0.2, 0.25) is 5.02 Å². The highest BCUT2D eigenvalue weighted by atomic mass is 35.5. The zero-order valence-corrected chi connectivity index (χ0v) is 18.9. The van der Waals surface area contributed by atoms with Gasteiger partial charge < -0.3 is 10.2 Å². The number of nitriles is 1. The highest BCUT2D eigenvalue weighted by molar-refractivity contribution is 6.33. The van der Waals surface area contributed by atoms with Gasteiger partial charge in [-0.1, -0.05) is 84.4 Å². The molecule has 3 aromatic rings. The van der Waals surface area contributed by atoms with Crippen molar-refractivity contribution in [2.75, 3.05) is 31.5 Å². The van der Waals surface area contributed by atoms with Gasteiger partial charge in [-0.05, 0) is 23.3 Å². The first-order chi connectivity index (χ1) is 16.2. The lowest BCUT2D eigenvalue weighted by atomic mass is 9.96. The summed E-state index contributed by atoms with van der Waals surface area (Å²) >= 11 is 6.15. The van der Waals surface area contributed by atoms with Gasteiger partial charge in [-0.15, -0.1) is 0 Å². The molecule has 1 saturated heterocycles. The van der Waals surface area contributed by atoms with E-state index in [-0.39, 0.29) is 17.5 Å². The molecule has 5 nitrogen and oxygen atoms in total. The molecule has 33 heavy (non-hydrogen) atoms. The molecule has 1 aliphatic heterocycles. The van der Waals surface area contributed by atoms with Crippen molar-refractivity contribution in [3.63, 3.8) is 0 Å². The number of para-hydroxylation sites is 1. The fraction of sp³-hybridized carbons (Fsp3) is 0.185. The SMILES string of the molecule is N#C/C(=C/Nc1ccccc1Cl)C(=O)N1CCN(C(c2ccccc2)c2ccccc2)CC1. The Morgan fingerprint density at radius 2 is 1.42 bits per heavy atom. The minimum atomic E-state index is -0.271. The molecule has 1 heterocycles. The lowest BCUT2D eigenvalue weighted by Gasteiger charge is -2.39. The molecule has 1 N–H and O–H groups in total. The Balaban J connectivity index is 1.45. The van der Waals surface area contributed by atoms with Crippen molar-refractivity contribution in [3.05, 3.63) is 113 Å². The van der Waals surface area contributed by atoms with E-state index in [1.54, 1.807) is 17.0 Å². The van der Waals surface area contributed by atoms with Gasteiger partial charge in [0.2, 0.25) is 0 Å². The average molecular weight is 457 g/mol. The maximum absolute atomic E-state index is 13.0. The van der Waals surface area contributed by atoms with Crippen molar-refractivity contribution >= 4 is 23.2 Å². The average Bonchev–Trinajstić information content (AvgIpc) is 2.87. The Labute approximate surface area is 199 Å². The molecule has 0 unspecified atom stereocenters. The monoisotopic (exact) mass is 456 g/mol. The van der Waals surface area contributed by atoms with E-state index >= 15 is 0 Å². The van der Waals surface area contributed by atoms with Crippen LogP contribution < -0.4 is 5.32 Å². The summed E-state index contributed by atoms with van der Waals surface area (Å²) < 4.78 is 0. The van der Waals surface area contributed by atoms with E-state index in [0.29, 0.717) is 23.8 Å². The van der Waals surface area contributed by atoms with Crippen molar-refractivity contribution in [2.45, 2.75) is 6.04 Å². The number of hydrogen-bond donors (Lipinski definition) is 1. The Bertz CT molecular complexity index is 1110. The second kappa shape index (κ2) is 10.8. The summed E-state index contributed by atoms with van der Waals surface area (Å²) in [6.07, 6.45) is 1.44. The van der Waals surface area contributed by atoms with E-state index < -0.39 is 0 Å². The molecular weight excluding hydrogens is 432 g/mol. The number of anilines is 1. The van der Waals surface area contributed by atoms with Crippen LogP contribution in [0.3, 0.4) is 0 Å². The molecular formula is C27H25ClN4O. The Morgan fingerprint density at radius 3 is 1.97 bits per heavy atom. The second-order valence-electron chi connectivity index (χ2n) is 7.85. The number of carbonyl (C=O) groups excluding carboxylic acids is 1. The highest BCUT2D eigenvalue weighted by Gasteiger charge is 2.29. The summed E-state index contributed by atoms with van der Waals surface area (Å²) in [6.45, 7) is 2.55. The van der Waals surface area contributed by atoms with Gasteiger partial charge in [0.15, 0.2) is 0 Å². The summed E-state index contributed by atoms with van der Waals surface area (Å²) in [5, 5.41) is 13.1. The molecule has 0 radical (unpaired) electrons. The number of hydrogen-bond acceptors (Lipinski definition) is 4. The van der Waals surface area contributed by atoms with Crippen molar-refractivity contribution < 1.29 is 4.79 Å². The summed E-state index contributed by atoms with van der Waals surface area (Å²) in [6, 6.07) is 30.2. The number of carbonyl (C=O) groups is 1. The van der Waals surface area contributed by atoms with Crippen molar-refractivity contribution in [2.24, 2.45) is 0 Å². The van der Waals surface area contributed by atoms with E-state index in [4.69, 9.17) is 11.6 Å². The van der Waals surface area contributed by atoms with Crippen LogP contribution in [0.15, 0.2) is 96.7 Å². The topological polar surface area (TPSA) is 59.4 Å². The van der Waals surface area contributed by atoms with Gasteiger partial charge in [0.1, 0.15) is 11.6 Å². The van der Waals surface area contributed by atoms with Gasteiger partial charge in [-0.2, -0.15) is 5.26 Å². The number of rotatable bonds is 6. The van der Waals surface area contributed by atoms with E-state index in [9.17, 15) is 10.1 Å². The van der Waals surface area contributed by atoms with Crippen LogP contribution in [-0.4, -0.2) is 41.9 Å². The lowest BCUT2D eigenvalue weighted by Crippen LogP contribution is -2.50. The molecule has 166 valence electrons. The predicted molar refractivity (Wildman–Crippen MR) is 132 cm³/mol. The molecule has 3 aromatic carbocycles. The molecule has 0 saturated carbocycles. The third kappa shape index (κ3) is 5.43. The number of nitrogens with zero attached hydrogens (tertiary/aromatic N) is 3. The van der Waals surface area contributed by atoms with E-state index in [1.807, 2.05) is 30.3 Å². The van der Waals surface area contributed by atoms with Crippen LogP contribution in [0.4, 0.5) is 5.69 Å². The Kier molecular flexibility index (Phi) is 7.41. The first kappa shape index (κ1) is 22.6. The zero-order valence-electron chi connectivity index (χ0n) is 18.2. The number of amides is 1. The van der Waals surface area contributed by atoms with E-state index in [0.717, 1.165) is 13.1 Å². The standard InChI is InChI=1S/C27H25ClN4O/c28-24-13-7-8-14-25(24)30-20-23(19-29)27(33)32-17-15-31(16-18-32)26(21-9-3-1-4-10-21)22-11-5-2-6-12-22/h1-14,20,26,30H,15-18H2/b23-20-. The maximum Gasteiger partial charge on any atom is 0.266 e. The second-order valence-corrected chi connectivity index (χ2v) is 8.25. The van der Waals surface area contributed by atoms with Crippen LogP contribution in [0, 0.1) is 11.3 Å². The van der Waals surface area contributed by atoms with Gasteiger partial charge in [-0.3, -0.25) is 9.69 Å². The molecule has 1 aliphatic rings. The molecule has 0 bridgehead atoms. The third-order valence-electron chi connectivity index (χ3n) is 5.79. The number of piperazine rings is 1. The Hall–Kier alpha value is -3.59. The third-order valence-corrected chi connectivity index (χ3v) is 6.12. The predicted octanol–water partition coefficient (Wildman–Crippen LogP) is 5.09. The van der Waals surface area contributed by atoms with Crippen LogP contribution in [0.1, 0.15) is 17.2 Å². The molecule has 0 atom stereocenters. The fourth-order valence-corrected chi connectivity index (χ4v) is 4.30.